The second kappa shape index (κ2) is 13.0. The molecule has 0 aliphatic rings. The lowest BCUT2D eigenvalue weighted by molar-refractivity contribution is -0.164. The SMILES string of the molecule is CCCOCCC(C)(C)OCCC(C)(F)OCCOCC(O)CO. The summed E-state index contributed by atoms with van der Waals surface area (Å²) < 4.78 is 35.6. The molecule has 0 amide bonds. The monoisotopic (exact) mass is 354 g/mol. The van der Waals surface area contributed by atoms with E-state index in [0.29, 0.717) is 6.61 Å². The Morgan fingerprint density at radius 1 is 0.917 bits per heavy atom. The molecule has 6 nitrogen and oxygen atoms in total. The predicted octanol–water partition coefficient (Wildman–Crippen LogP) is 2.06. The molecule has 0 aliphatic heterocycles. The number of ether oxygens (including phenoxy) is 4. The van der Waals surface area contributed by atoms with Crippen LogP contribution in [0.3, 0.4) is 0 Å². The van der Waals surface area contributed by atoms with Crippen molar-refractivity contribution in [1.82, 2.24) is 0 Å². The summed E-state index contributed by atoms with van der Waals surface area (Å²) in [5.41, 5.74) is -0.368. The van der Waals surface area contributed by atoms with Crippen LogP contribution in [0.5, 0.6) is 0 Å². The molecule has 0 heterocycles. The molecule has 0 saturated heterocycles. The average Bonchev–Trinajstić information content (AvgIpc) is 2.50. The van der Waals surface area contributed by atoms with Crippen LogP contribution < -0.4 is 0 Å². The zero-order valence-corrected chi connectivity index (χ0v) is 15.6. The van der Waals surface area contributed by atoms with Gasteiger partial charge in [-0.3, -0.25) is 0 Å². The van der Waals surface area contributed by atoms with Crippen molar-refractivity contribution in [1.29, 1.82) is 0 Å². The van der Waals surface area contributed by atoms with Crippen molar-refractivity contribution in [2.45, 2.75) is 64.5 Å². The van der Waals surface area contributed by atoms with Crippen LogP contribution in [0.25, 0.3) is 0 Å². The third kappa shape index (κ3) is 14.1. The van der Waals surface area contributed by atoms with E-state index in [4.69, 9.17) is 29.2 Å². The lowest BCUT2D eigenvalue weighted by atomic mass is 10.1. The van der Waals surface area contributed by atoms with E-state index in [1.165, 1.54) is 6.92 Å². The highest BCUT2D eigenvalue weighted by molar-refractivity contribution is 4.69. The quantitative estimate of drug-likeness (QED) is 0.413. The summed E-state index contributed by atoms with van der Waals surface area (Å²) in [6, 6.07) is 0. The van der Waals surface area contributed by atoms with Gasteiger partial charge in [-0.2, -0.15) is 0 Å². The molecule has 0 saturated carbocycles. The zero-order valence-electron chi connectivity index (χ0n) is 15.6. The van der Waals surface area contributed by atoms with Gasteiger partial charge in [-0.25, -0.2) is 4.39 Å². The van der Waals surface area contributed by atoms with E-state index in [0.717, 1.165) is 19.4 Å². The van der Waals surface area contributed by atoms with Gasteiger partial charge in [0.2, 0.25) is 5.85 Å². The maximum absolute atomic E-state index is 14.2. The lowest BCUT2D eigenvalue weighted by Crippen LogP contribution is -2.32. The van der Waals surface area contributed by atoms with Crippen LogP contribution in [-0.2, 0) is 18.9 Å². The maximum Gasteiger partial charge on any atom is 0.208 e. The van der Waals surface area contributed by atoms with Gasteiger partial charge in [-0.15, -0.1) is 0 Å². The predicted molar refractivity (Wildman–Crippen MR) is 89.8 cm³/mol. The Morgan fingerprint density at radius 3 is 2.25 bits per heavy atom. The fourth-order valence-corrected chi connectivity index (χ4v) is 1.80. The van der Waals surface area contributed by atoms with Crippen molar-refractivity contribution in [2.24, 2.45) is 0 Å². The first kappa shape index (κ1) is 23.7. The molecular weight excluding hydrogens is 319 g/mol. The summed E-state index contributed by atoms with van der Waals surface area (Å²) in [7, 11) is 0. The highest BCUT2D eigenvalue weighted by Crippen LogP contribution is 2.21. The zero-order chi connectivity index (χ0) is 18.5. The van der Waals surface area contributed by atoms with Gasteiger partial charge in [0.15, 0.2) is 0 Å². The number of rotatable bonds is 16. The molecule has 146 valence electrons. The fourth-order valence-electron chi connectivity index (χ4n) is 1.80. The van der Waals surface area contributed by atoms with Crippen molar-refractivity contribution >= 4 is 0 Å². The summed E-state index contributed by atoms with van der Waals surface area (Å²) in [6.45, 7) is 8.80. The van der Waals surface area contributed by atoms with Crippen molar-refractivity contribution in [2.75, 3.05) is 46.2 Å². The maximum atomic E-state index is 14.2. The fraction of sp³-hybridized carbons (Fsp3) is 1.00. The van der Waals surface area contributed by atoms with E-state index in [2.05, 4.69) is 6.92 Å². The van der Waals surface area contributed by atoms with E-state index in [1.54, 1.807) is 0 Å². The molecule has 0 spiro atoms. The van der Waals surface area contributed by atoms with Crippen LogP contribution in [0.2, 0.25) is 0 Å². The molecule has 0 aliphatic carbocycles. The molecule has 0 rings (SSSR count). The molecule has 2 atom stereocenters. The third-order valence-corrected chi connectivity index (χ3v) is 3.39. The van der Waals surface area contributed by atoms with Gasteiger partial charge in [-0.1, -0.05) is 6.92 Å². The number of aliphatic hydroxyl groups excluding tert-OH is 2. The molecule has 0 aromatic heterocycles. The normalized spacial score (nSPS) is 16.1. The lowest BCUT2D eigenvalue weighted by Gasteiger charge is -2.28. The largest absolute Gasteiger partial charge is 0.394 e. The molecule has 0 bridgehead atoms. The summed E-state index contributed by atoms with van der Waals surface area (Å²) in [6.07, 6.45) is 0.934. The summed E-state index contributed by atoms with van der Waals surface area (Å²) in [4.78, 5) is 0. The Balaban J connectivity index is 3.78. The Bertz CT molecular complexity index is 299. The van der Waals surface area contributed by atoms with E-state index >= 15 is 0 Å². The average molecular weight is 354 g/mol. The van der Waals surface area contributed by atoms with Crippen LogP contribution in [-0.4, -0.2) is 74.0 Å². The van der Waals surface area contributed by atoms with Crippen LogP contribution in [0.1, 0.15) is 47.0 Å². The minimum Gasteiger partial charge on any atom is -0.394 e. The van der Waals surface area contributed by atoms with Crippen molar-refractivity contribution in [3.05, 3.63) is 0 Å². The number of hydrogen-bond donors (Lipinski definition) is 2. The molecule has 0 aromatic rings. The molecule has 2 unspecified atom stereocenters. The van der Waals surface area contributed by atoms with Gasteiger partial charge in [-0.05, 0) is 33.6 Å². The molecule has 0 fully saturated rings. The van der Waals surface area contributed by atoms with E-state index in [-0.39, 0.29) is 45.1 Å². The molecule has 24 heavy (non-hydrogen) atoms. The molecule has 0 radical (unpaired) electrons. The van der Waals surface area contributed by atoms with Gasteiger partial charge >= 0.3 is 0 Å². The second-order valence-corrected chi connectivity index (χ2v) is 6.58. The highest BCUT2D eigenvalue weighted by atomic mass is 19.2. The first-order valence-corrected chi connectivity index (χ1v) is 8.63. The van der Waals surface area contributed by atoms with Gasteiger partial charge in [0.05, 0.1) is 38.6 Å². The number of hydrogen-bond acceptors (Lipinski definition) is 6. The number of halogens is 1. The van der Waals surface area contributed by atoms with Crippen LogP contribution in [0.4, 0.5) is 4.39 Å². The smallest absolute Gasteiger partial charge is 0.208 e. The van der Waals surface area contributed by atoms with Gasteiger partial charge in [0.25, 0.3) is 0 Å². The van der Waals surface area contributed by atoms with Crippen LogP contribution in [0, 0.1) is 0 Å². The molecule has 0 aromatic carbocycles. The minimum atomic E-state index is -1.80. The van der Waals surface area contributed by atoms with Crippen LogP contribution in [0.15, 0.2) is 0 Å². The highest BCUT2D eigenvalue weighted by Gasteiger charge is 2.26. The molecular formula is C17H35FO6. The first-order valence-electron chi connectivity index (χ1n) is 8.63. The summed E-state index contributed by atoms with van der Waals surface area (Å²) in [5, 5.41) is 17.7. The minimum absolute atomic E-state index is 0.000261. The van der Waals surface area contributed by atoms with E-state index < -0.39 is 12.0 Å². The number of aliphatic hydroxyl groups is 2. The van der Waals surface area contributed by atoms with E-state index in [1.807, 2.05) is 13.8 Å². The Morgan fingerprint density at radius 2 is 1.62 bits per heavy atom. The Hall–Kier alpha value is -0.310. The van der Waals surface area contributed by atoms with E-state index in [9.17, 15) is 4.39 Å². The first-order chi connectivity index (χ1) is 11.2. The standard InChI is InChI=1S/C17H35FO6/c1-5-8-21-9-6-16(2,3)23-10-7-17(4,18)24-12-11-22-14-15(20)13-19/h15,19-20H,5-14H2,1-4H3. The topological polar surface area (TPSA) is 77.4 Å². The van der Waals surface area contributed by atoms with Gasteiger partial charge < -0.3 is 29.2 Å². The van der Waals surface area contributed by atoms with Crippen molar-refractivity contribution in [3.8, 4) is 0 Å². The Labute approximate surface area is 145 Å². The summed E-state index contributed by atoms with van der Waals surface area (Å²) >= 11 is 0. The second-order valence-electron chi connectivity index (χ2n) is 6.58. The van der Waals surface area contributed by atoms with Crippen molar-refractivity contribution < 1.29 is 33.6 Å². The molecule has 2 N–H and O–H groups in total. The number of alkyl halides is 1. The van der Waals surface area contributed by atoms with Crippen LogP contribution >= 0.6 is 0 Å². The van der Waals surface area contributed by atoms with Crippen molar-refractivity contribution in [3.63, 3.8) is 0 Å². The van der Waals surface area contributed by atoms with Gasteiger partial charge in [0, 0.05) is 19.6 Å². The molecule has 7 heteroatoms. The third-order valence-electron chi connectivity index (χ3n) is 3.39. The van der Waals surface area contributed by atoms with Gasteiger partial charge in [0.1, 0.15) is 6.10 Å². The summed E-state index contributed by atoms with van der Waals surface area (Å²) in [5.74, 6) is -1.80. The Kier molecular flexibility index (Phi) is 12.8.